The fourth-order valence-electron chi connectivity index (χ4n) is 1.11. The molecule has 0 aliphatic heterocycles. The average molecular weight is 241 g/mol. The molecule has 2 rings (SSSR count). The van der Waals surface area contributed by atoms with Gasteiger partial charge in [-0.15, -0.1) is 0 Å². The first kappa shape index (κ1) is 8.31. The number of hydrogen-bond donors (Lipinski definition) is 1. The van der Waals surface area contributed by atoms with Crippen molar-refractivity contribution < 1.29 is 9.52 Å². The van der Waals surface area contributed by atoms with Gasteiger partial charge in [-0.05, 0) is 28.1 Å². The van der Waals surface area contributed by atoms with E-state index in [-0.39, 0.29) is 5.75 Å². The second-order valence-electron chi connectivity index (χ2n) is 2.59. The van der Waals surface area contributed by atoms with Crippen molar-refractivity contribution >= 4 is 26.9 Å². The number of phenols is 1. The normalized spacial score (nSPS) is 10.5. The summed E-state index contributed by atoms with van der Waals surface area (Å²) in [5, 5.41) is 9.90. The monoisotopic (exact) mass is 240 g/mol. The van der Waals surface area contributed by atoms with E-state index in [1.165, 1.54) is 18.2 Å². The van der Waals surface area contributed by atoms with Gasteiger partial charge in [-0.25, -0.2) is 4.79 Å². The molecule has 0 amide bonds. The van der Waals surface area contributed by atoms with E-state index >= 15 is 0 Å². The molecule has 0 saturated carbocycles. The van der Waals surface area contributed by atoms with Gasteiger partial charge in [0.15, 0.2) is 0 Å². The largest absolute Gasteiger partial charge is 0.508 e. The summed E-state index contributed by atoms with van der Waals surface area (Å²) < 4.78 is 5.54. The minimum Gasteiger partial charge on any atom is -0.508 e. The van der Waals surface area contributed by atoms with E-state index in [2.05, 4.69) is 15.9 Å². The number of hydrogen-bond acceptors (Lipinski definition) is 3. The van der Waals surface area contributed by atoms with E-state index in [4.69, 9.17) is 9.52 Å². The lowest BCUT2D eigenvalue weighted by molar-refractivity contribution is 0.473. The predicted molar refractivity (Wildman–Crippen MR) is 51.8 cm³/mol. The van der Waals surface area contributed by atoms with Crippen LogP contribution in [-0.4, -0.2) is 5.11 Å². The molecule has 0 aliphatic rings. The van der Waals surface area contributed by atoms with Crippen LogP contribution in [0.3, 0.4) is 0 Å². The minimum absolute atomic E-state index is 0.0775. The molecule has 0 unspecified atom stereocenters. The van der Waals surface area contributed by atoms with E-state index in [0.717, 1.165) is 5.39 Å². The first-order chi connectivity index (χ1) is 6.16. The van der Waals surface area contributed by atoms with Crippen LogP contribution in [0.4, 0.5) is 0 Å². The minimum atomic E-state index is -0.440. The third-order valence-corrected chi connectivity index (χ3v) is 2.33. The summed E-state index contributed by atoms with van der Waals surface area (Å²) in [6.07, 6.45) is 0. The zero-order chi connectivity index (χ0) is 9.42. The molecule has 1 N–H and O–H groups in total. The molecule has 2 aromatic rings. The average Bonchev–Trinajstić information content (AvgIpc) is 2.02. The van der Waals surface area contributed by atoms with E-state index in [1.807, 2.05) is 0 Å². The zero-order valence-corrected chi connectivity index (χ0v) is 8.04. The Morgan fingerprint density at radius 1 is 1.31 bits per heavy atom. The van der Waals surface area contributed by atoms with Gasteiger partial charge < -0.3 is 9.52 Å². The standard InChI is InChI=1S/C9H5BrO3/c10-7-4-9(12)13-8-3-5(11)1-2-6(7)8/h1-4,11H. The summed E-state index contributed by atoms with van der Waals surface area (Å²) in [6.45, 7) is 0. The van der Waals surface area contributed by atoms with Crippen molar-refractivity contribution in [3.63, 3.8) is 0 Å². The second kappa shape index (κ2) is 2.88. The van der Waals surface area contributed by atoms with Gasteiger partial charge in [-0.2, -0.15) is 0 Å². The molecule has 0 fully saturated rings. The highest BCUT2D eigenvalue weighted by Crippen LogP contribution is 2.24. The van der Waals surface area contributed by atoms with Crippen LogP contribution < -0.4 is 5.63 Å². The molecular weight excluding hydrogens is 236 g/mol. The highest BCUT2D eigenvalue weighted by molar-refractivity contribution is 9.10. The summed E-state index contributed by atoms with van der Waals surface area (Å²) in [7, 11) is 0. The molecule has 13 heavy (non-hydrogen) atoms. The lowest BCUT2D eigenvalue weighted by Crippen LogP contribution is -1.95. The number of halogens is 1. The van der Waals surface area contributed by atoms with Crippen LogP contribution in [0.15, 0.2) is 37.9 Å². The molecule has 1 aromatic heterocycles. The molecule has 0 spiro atoms. The van der Waals surface area contributed by atoms with E-state index in [1.54, 1.807) is 6.07 Å². The van der Waals surface area contributed by atoms with E-state index in [0.29, 0.717) is 10.1 Å². The molecule has 0 radical (unpaired) electrons. The van der Waals surface area contributed by atoms with Gasteiger partial charge in [0.2, 0.25) is 0 Å². The molecule has 3 nitrogen and oxygen atoms in total. The van der Waals surface area contributed by atoms with Crippen LogP contribution in [0.1, 0.15) is 0 Å². The lowest BCUT2D eigenvalue weighted by atomic mass is 10.2. The van der Waals surface area contributed by atoms with Crippen molar-refractivity contribution in [3.05, 3.63) is 39.2 Å². The van der Waals surface area contributed by atoms with E-state index < -0.39 is 5.63 Å². The van der Waals surface area contributed by atoms with E-state index in [9.17, 15) is 4.79 Å². The van der Waals surface area contributed by atoms with Gasteiger partial charge in [-0.3, -0.25) is 0 Å². The van der Waals surface area contributed by atoms with Crippen molar-refractivity contribution in [1.82, 2.24) is 0 Å². The first-order valence-electron chi connectivity index (χ1n) is 3.59. The number of phenolic OH excluding ortho intramolecular Hbond substituents is 1. The molecule has 0 saturated heterocycles. The van der Waals surface area contributed by atoms with Crippen molar-refractivity contribution in [3.8, 4) is 5.75 Å². The van der Waals surface area contributed by atoms with Crippen molar-refractivity contribution in [2.75, 3.05) is 0 Å². The number of aromatic hydroxyl groups is 1. The van der Waals surface area contributed by atoms with Gasteiger partial charge in [0, 0.05) is 22.0 Å². The lowest BCUT2D eigenvalue weighted by Gasteiger charge is -1.98. The molecule has 1 aromatic carbocycles. The van der Waals surface area contributed by atoms with Gasteiger partial charge in [0.25, 0.3) is 0 Å². The van der Waals surface area contributed by atoms with Crippen molar-refractivity contribution in [1.29, 1.82) is 0 Å². The fraction of sp³-hybridized carbons (Fsp3) is 0. The Morgan fingerprint density at radius 3 is 2.85 bits per heavy atom. The number of rotatable bonds is 0. The first-order valence-corrected chi connectivity index (χ1v) is 4.38. The molecule has 0 bridgehead atoms. The summed E-state index contributed by atoms with van der Waals surface area (Å²) in [6, 6.07) is 5.96. The van der Waals surface area contributed by atoms with Crippen molar-refractivity contribution in [2.24, 2.45) is 0 Å². The van der Waals surface area contributed by atoms with Gasteiger partial charge in [0.1, 0.15) is 11.3 Å². The quantitative estimate of drug-likeness (QED) is 0.719. The highest BCUT2D eigenvalue weighted by atomic mass is 79.9. The van der Waals surface area contributed by atoms with Crippen molar-refractivity contribution in [2.45, 2.75) is 0 Å². The molecule has 66 valence electrons. The second-order valence-corrected chi connectivity index (χ2v) is 3.45. The predicted octanol–water partition coefficient (Wildman–Crippen LogP) is 2.26. The Hall–Kier alpha value is -1.29. The smallest absolute Gasteiger partial charge is 0.337 e. The fourth-order valence-corrected chi connectivity index (χ4v) is 1.63. The van der Waals surface area contributed by atoms with Gasteiger partial charge in [-0.1, -0.05) is 0 Å². The van der Waals surface area contributed by atoms with Crippen LogP contribution in [0.25, 0.3) is 11.0 Å². The summed E-state index contributed by atoms with van der Waals surface area (Å²) >= 11 is 3.23. The maximum absolute atomic E-state index is 10.9. The zero-order valence-electron chi connectivity index (χ0n) is 6.45. The maximum Gasteiger partial charge on any atom is 0.337 e. The highest BCUT2D eigenvalue weighted by Gasteiger charge is 2.02. The molecule has 4 heteroatoms. The molecule has 0 aliphatic carbocycles. The van der Waals surface area contributed by atoms with Crippen LogP contribution in [-0.2, 0) is 0 Å². The summed E-state index contributed by atoms with van der Waals surface area (Å²) in [5.41, 5.74) is -0.0654. The van der Waals surface area contributed by atoms with Crippen LogP contribution in [0.2, 0.25) is 0 Å². The SMILES string of the molecule is O=c1cc(Br)c2ccc(O)cc2o1. The summed E-state index contributed by atoms with van der Waals surface area (Å²) in [5.74, 6) is 0.0775. The number of benzene rings is 1. The Labute approximate surface area is 81.7 Å². The summed E-state index contributed by atoms with van der Waals surface area (Å²) in [4.78, 5) is 10.9. The molecular formula is C9H5BrO3. The molecule has 0 atom stereocenters. The van der Waals surface area contributed by atoms with Gasteiger partial charge in [0.05, 0.1) is 0 Å². The maximum atomic E-state index is 10.9. The Morgan fingerprint density at radius 2 is 2.08 bits per heavy atom. The Balaban J connectivity index is 2.94. The van der Waals surface area contributed by atoms with Crippen LogP contribution in [0.5, 0.6) is 5.75 Å². The van der Waals surface area contributed by atoms with Crippen LogP contribution in [0, 0.1) is 0 Å². The van der Waals surface area contributed by atoms with Gasteiger partial charge >= 0.3 is 5.63 Å². The topological polar surface area (TPSA) is 50.4 Å². The Kier molecular flexibility index (Phi) is 1.84. The Bertz CT molecular complexity index is 516. The number of fused-ring (bicyclic) bond motifs is 1. The third kappa shape index (κ3) is 1.45. The molecule has 1 heterocycles. The van der Waals surface area contributed by atoms with Crippen LogP contribution >= 0.6 is 15.9 Å². The third-order valence-electron chi connectivity index (χ3n) is 1.68.